The van der Waals surface area contributed by atoms with Gasteiger partial charge in [-0.05, 0) is 49.5 Å². The van der Waals surface area contributed by atoms with E-state index in [9.17, 15) is 9.59 Å². The molecule has 0 aliphatic carbocycles. The van der Waals surface area contributed by atoms with Crippen LogP contribution < -0.4 is 14.8 Å². The van der Waals surface area contributed by atoms with E-state index in [0.717, 1.165) is 50.1 Å². The zero-order chi connectivity index (χ0) is 19.3. The number of hydrogen-bond donors (Lipinski definition) is 1. The molecule has 2 fully saturated rings. The standard InChI is InChI=1S/C21H27N3O4.ClH/c25-20(6-4-16-3-5-18-19(13-16)28-15-27-18)24-11-7-17(8-12-24)22-14-21(26)23-9-1-2-10-23;/h3-6,13,17,22H,1-2,7-12,14-15H2;1H/b6-4+;. The molecule has 4 rings (SSSR count). The molecule has 1 aromatic rings. The summed E-state index contributed by atoms with van der Waals surface area (Å²) >= 11 is 0. The third kappa shape index (κ3) is 5.42. The lowest BCUT2D eigenvalue weighted by Crippen LogP contribution is -2.47. The number of benzene rings is 1. The fourth-order valence-corrected chi connectivity index (χ4v) is 3.90. The van der Waals surface area contributed by atoms with Crippen LogP contribution in [0.25, 0.3) is 6.08 Å². The largest absolute Gasteiger partial charge is 0.454 e. The van der Waals surface area contributed by atoms with Crippen molar-refractivity contribution in [2.45, 2.75) is 31.7 Å². The summed E-state index contributed by atoms with van der Waals surface area (Å²) in [7, 11) is 0. The molecule has 0 saturated carbocycles. The van der Waals surface area contributed by atoms with E-state index in [0.29, 0.717) is 31.4 Å². The summed E-state index contributed by atoms with van der Waals surface area (Å²) in [5, 5.41) is 3.37. The lowest BCUT2D eigenvalue weighted by molar-refractivity contribution is -0.130. The van der Waals surface area contributed by atoms with Gasteiger partial charge in [0, 0.05) is 38.3 Å². The van der Waals surface area contributed by atoms with Gasteiger partial charge in [-0.2, -0.15) is 0 Å². The zero-order valence-electron chi connectivity index (χ0n) is 16.5. The number of ether oxygens (including phenoxy) is 2. The number of likely N-dealkylation sites (tertiary alicyclic amines) is 2. The highest BCUT2D eigenvalue weighted by Gasteiger charge is 2.23. The second kappa shape index (κ2) is 9.98. The molecular weight excluding hydrogens is 394 g/mol. The van der Waals surface area contributed by atoms with Crippen molar-refractivity contribution in [3.8, 4) is 11.5 Å². The Bertz CT molecular complexity index is 756. The van der Waals surface area contributed by atoms with Gasteiger partial charge in [0.25, 0.3) is 0 Å². The van der Waals surface area contributed by atoms with E-state index >= 15 is 0 Å². The van der Waals surface area contributed by atoms with Gasteiger partial charge in [-0.25, -0.2) is 0 Å². The van der Waals surface area contributed by atoms with Gasteiger partial charge in [-0.15, -0.1) is 12.4 Å². The van der Waals surface area contributed by atoms with Crippen LogP contribution in [0.2, 0.25) is 0 Å². The minimum absolute atomic E-state index is 0. The fraction of sp³-hybridized carbons (Fsp3) is 0.524. The van der Waals surface area contributed by atoms with E-state index in [1.54, 1.807) is 6.08 Å². The van der Waals surface area contributed by atoms with Gasteiger partial charge >= 0.3 is 0 Å². The van der Waals surface area contributed by atoms with Crippen LogP contribution in [0.1, 0.15) is 31.2 Å². The van der Waals surface area contributed by atoms with E-state index in [2.05, 4.69) is 5.32 Å². The van der Waals surface area contributed by atoms with Crippen LogP contribution in [0.3, 0.4) is 0 Å². The van der Waals surface area contributed by atoms with Crippen molar-refractivity contribution in [2.75, 3.05) is 39.5 Å². The average molecular weight is 422 g/mol. The first-order valence-electron chi connectivity index (χ1n) is 10.1. The van der Waals surface area contributed by atoms with E-state index in [1.165, 1.54) is 0 Å². The quantitative estimate of drug-likeness (QED) is 0.737. The Morgan fingerprint density at radius 2 is 1.76 bits per heavy atom. The van der Waals surface area contributed by atoms with E-state index in [1.807, 2.05) is 34.1 Å². The Hall–Kier alpha value is -2.25. The molecule has 8 heteroatoms. The third-order valence-corrected chi connectivity index (χ3v) is 5.62. The summed E-state index contributed by atoms with van der Waals surface area (Å²) in [6.45, 7) is 3.85. The molecule has 2 saturated heterocycles. The van der Waals surface area contributed by atoms with Gasteiger partial charge < -0.3 is 24.6 Å². The Morgan fingerprint density at radius 1 is 1.03 bits per heavy atom. The van der Waals surface area contributed by atoms with Crippen LogP contribution >= 0.6 is 12.4 Å². The molecule has 3 aliphatic heterocycles. The highest BCUT2D eigenvalue weighted by molar-refractivity contribution is 5.92. The first-order valence-corrected chi connectivity index (χ1v) is 10.1. The number of nitrogens with one attached hydrogen (secondary N) is 1. The normalized spacial score (nSPS) is 18.9. The number of carbonyl (C=O) groups is 2. The Morgan fingerprint density at radius 3 is 2.52 bits per heavy atom. The number of piperidine rings is 1. The molecule has 3 heterocycles. The second-order valence-corrected chi connectivity index (χ2v) is 7.51. The fourth-order valence-electron chi connectivity index (χ4n) is 3.90. The van der Waals surface area contributed by atoms with Gasteiger partial charge in [-0.3, -0.25) is 9.59 Å². The van der Waals surface area contributed by atoms with Gasteiger partial charge in [0.1, 0.15) is 0 Å². The van der Waals surface area contributed by atoms with Crippen LogP contribution in [0.15, 0.2) is 24.3 Å². The lowest BCUT2D eigenvalue weighted by Gasteiger charge is -2.32. The molecule has 158 valence electrons. The molecule has 29 heavy (non-hydrogen) atoms. The van der Waals surface area contributed by atoms with Gasteiger partial charge in [0.2, 0.25) is 18.6 Å². The SMILES string of the molecule is Cl.O=C(/C=C/c1ccc2c(c1)OCO2)N1CCC(NCC(=O)N2CCCC2)CC1. The van der Waals surface area contributed by atoms with Gasteiger partial charge in [-0.1, -0.05) is 6.07 Å². The second-order valence-electron chi connectivity index (χ2n) is 7.51. The maximum atomic E-state index is 12.5. The van der Waals surface area contributed by atoms with E-state index < -0.39 is 0 Å². The Labute approximate surface area is 177 Å². The number of carbonyl (C=O) groups excluding carboxylic acids is 2. The molecule has 0 unspecified atom stereocenters. The third-order valence-electron chi connectivity index (χ3n) is 5.62. The minimum atomic E-state index is 0. The molecule has 0 bridgehead atoms. The Balaban J connectivity index is 0.00000240. The van der Waals surface area contributed by atoms with E-state index in [4.69, 9.17) is 9.47 Å². The van der Waals surface area contributed by atoms with Crippen LogP contribution in [0.5, 0.6) is 11.5 Å². The van der Waals surface area contributed by atoms with Crippen molar-refractivity contribution in [3.63, 3.8) is 0 Å². The summed E-state index contributed by atoms with van der Waals surface area (Å²) in [6, 6.07) is 5.94. The summed E-state index contributed by atoms with van der Waals surface area (Å²) in [5.41, 5.74) is 0.912. The number of nitrogens with zero attached hydrogens (tertiary/aromatic N) is 2. The predicted molar refractivity (Wildman–Crippen MR) is 112 cm³/mol. The molecule has 0 radical (unpaired) electrons. The van der Waals surface area contributed by atoms with Crippen molar-refractivity contribution in [1.29, 1.82) is 0 Å². The van der Waals surface area contributed by atoms with Gasteiger partial charge in [0.15, 0.2) is 11.5 Å². The molecule has 1 aromatic carbocycles. The van der Waals surface area contributed by atoms with Crippen molar-refractivity contribution in [3.05, 3.63) is 29.8 Å². The molecule has 0 spiro atoms. The Kier molecular flexibility index (Phi) is 7.39. The molecule has 0 aromatic heterocycles. The monoisotopic (exact) mass is 421 g/mol. The highest BCUT2D eigenvalue weighted by atomic mass is 35.5. The number of fused-ring (bicyclic) bond motifs is 1. The molecule has 0 atom stereocenters. The molecule has 7 nitrogen and oxygen atoms in total. The van der Waals surface area contributed by atoms with E-state index in [-0.39, 0.29) is 31.0 Å². The number of halogens is 1. The van der Waals surface area contributed by atoms with Crippen molar-refractivity contribution in [1.82, 2.24) is 15.1 Å². The first kappa shape index (κ1) is 21.5. The zero-order valence-corrected chi connectivity index (χ0v) is 17.3. The van der Waals surface area contributed by atoms with Crippen molar-refractivity contribution in [2.24, 2.45) is 0 Å². The summed E-state index contributed by atoms with van der Waals surface area (Å²) < 4.78 is 10.7. The summed E-state index contributed by atoms with van der Waals surface area (Å²) in [6.07, 6.45) is 7.40. The maximum absolute atomic E-state index is 12.5. The van der Waals surface area contributed by atoms with Gasteiger partial charge in [0.05, 0.1) is 6.54 Å². The van der Waals surface area contributed by atoms with Crippen LogP contribution in [0, 0.1) is 0 Å². The molecule has 3 aliphatic rings. The van der Waals surface area contributed by atoms with Crippen molar-refractivity contribution < 1.29 is 19.1 Å². The first-order chi connectivity index (χ1) is 13.7. The number of amides is 2. The lowest BCUT2D eigenvalue weighted by atomic mass is 10.0. The highest BCUT2D eigenvalue weighted by Crippen LogP contribution is 2.32. The number of rotatable bonds is 5. The summed E-state index contributed by atoms with van der Waals surface area (Å²) in [5.74, 6) is 1.66. The van der Waals surface area contributed by atoms with Crippen LogP contribution in [-0.4, -0.2) is 67.2 Å². The summed E-state index contributed by atoms with van der Waals surface area (Å²) in [4.78, 5) is 28.4. The molecular formula is C21H28ClN3O4. The molecule has 2 amide bonds. The average Bonchev–Trinajstić information content (AvgIpc) is 3.42. The predicted octanol–water partition coefficient (Wildman–Crippen LogP) is 2.05. The maximum Gasteiger partial charge on any atom is 0.246 e. The topological polar surface area (TPSA) is 71.1 Å². The number of hydrogen-bond acceptors (Lipinski definition) is 5. The molecule has 1 N–H and O–H groups in total. The van der Waals surface area contributed by atoms with Crippen LogP contribution in [0.4, 0.5) is 0 Å². The van der Waals surface area contributed by atoms with Crippen LogP contribution in [-0.2, 0) is 9.59 Å². The van der Waals surface area contributed by atoms with Crippen molar-refractivity contribution >= 4 is 30.3 Å². The minimum Gasteiger partial charge on any atom is -0.454 e. The smallest absolute Gasteiger partial charge is 0.246 e.